The summed E-state index contributed by atoms with van der Waals surface area (Å²) in [5, 5.41) is 0. The number of benzene rings is 2. The van der Waals surface area contributed by atoms with Crippen molar-refractivity contribution in [3.8, 4) is 0 Å². The summed E-state index contributed by atoms with van der Waals surface area (Å²) >= 11 is 0. The summed E-state index contributed by atoms with van der Waals surface area (Å²) in [6.07, 6.45) is 0. The molecule has 0 radical (unpaired) electrons. The lowest BCUT2D eigenvalue weighted by molar-refractivity contribution is 0.627. The molecule has 0 fully saturated rings. The lowest BCUT2D eigenvalue weighted by Gasteiger charge is -2.20. The molecule has 0 saturated carbocycles. The van der Waals surface area contributed by atoms with Crippen molar-refractivity contribution < 1.29 is 4.39 Å². The van der Waals surface area contributed by atoms with Gasteiger partial charge >= 0.3 is 0 Å². The third kappa shape index (κ3) is 2.80. The molecule has 2 N–H and O–H groups in total. The summed E-state index contributed by atoms with van der Waals surface area (Å²) in [6.45, 7) is 2.71. The zero-order valence-corrected chi connectivity index (χ0v) is 10.7. The van der Waals surface area contributed by atoms with Gasteiger partial charge in [0, 0.05) is 25.0 Å². The molecule has 2 nitrogen and oxygen atoms in total. The summed E-state index contributed by atoms with van der Waals surface area (Å²) < 4.78 is 13.1. The maximum absolute atomic E-state index is 13.1. The molecular weight excluding hydrogens is 227 g/mol. The largest absolute Gasteiger partial charge is 0.399 e. The Morgan fingerprint density at radius 3 is 2.61 bits per heavy atom. The van der Waals surface area contributed by atoms with Gasteiger partial charge in [0.05, 0.1) is 0 Å². The molecule has 2 aromatic rings. The molecule has 0 aliphatic heterocycles. The molecule has 0 amide bonds. The van der Waals surface area contributed by atoms with Gasteiger partial charge in [-0.2, -0.15) is 0 Å². The van der Waals surface area contributed by atoms with Crippen LogP contribution in [0.15, 0.2) is 42.5 Å². The van der Waals surface area contributed by atoms with Crippen LogP contribution in [0, 0.1) is 12.7 Å². The number of anilines is 2. The average Bonchev–Trinajstić information content (AvgIpc) is 2.34. The number of nitrogens with two attached hydrogens (primary N) is 1. The Hall–Kier alpha value is -2.03. The van der Waals surface area contributed by atoms with Crippen LogP contribution in [0.1, 0.15) is 11.1 Å². The van der Waals surface area contributed by atoms with Gasteiger partial charge in [0.25, 0.3) is 0 Å². The second kappa shape index (κ2) is 5.08. The van der Waals surface area contributed by atoms with Crippen molar-refractivity contribution in [2.24, 2.45) is 0 Å². The van der Waals surface area contributed by atoms with Crippen LogP contribution < -0.4 is 10.6 Å². The highest BCUT2D eigenvalue weighted by Gasteiger charge is 2.04. The molecule has 2 rings (SSSR count). The number of aryl methyl sites for hydroxylation is 1. The van der Waals surface area contributed by atoms with Crippen LogP contribution in [0.3, 0.4) is 0 Å². The lowest BCUT2D eigenvalue weighted by Crippen LogP contribution is -2.16. The molecule has 94 valence electrons. The first-order valence-electron chi connectivity index (χ1n) is 5.88. The Morgan fingerprint density at radius 2 is 1.94 bits per heavy atom. The van der Waals surface area contributed by atoms with E-state index in [0.717, 1.165) is 29.0 Å². The Kier molecular flexibility index (Phi) is 3.51. The van der Waals surface area contributed by atoms with Crippen molar-refractivity contribution in [3.05, 3.63) is 59.4 Å². The lowest BCUT2D eigenvalue weighted by atomic mass is 10.1. The molecule has 0 aliphatic carbocycles. The first-order chi connectivity index (χ1) is 8.56. The van der Waals surface area contributed by atoms with Crippen LogP contribution in [0.2, 0.25) is 0 Å². The van der Waals surface area contributed by atoms with Gasteiger partial charge < -0.3 is 10.6 Å². The number of hydrogen-bond acceptors (Lipinski definition) is 2. The first-order valence-corrected chi connectivity index (χ1v) is 5.88. The fourth-order valence-electron chi connectivity index (χ4n) is 1.91. The topological polar surface area (TPSA) is 29.3 Å². The average molecular weight is 244 g/mol. The van der Waals surface area contributed by atoms with E-state index in [4.69, 9.17) is 5.73 Å². The van der Waals surface area contributed by atoms with Gasteiger partial charge in [-0.15, -0.1) is 0 Å². The minimum Gasteiger partial charge on any atom is -0.399 e. The van der Waals surface area contributed by atoms with Crippen LogP contribution in [-0.4, -0.2) is 7.05 Å². The molecule has 0 saturated heterocycles. The third-order valence-electron chi connectivity index (χ3n) is 3.00. The molecular formula is C15H17FN2. The Labute approximate surface area is 107 Å². The van der Waals surface area contributed by atoms with Gasteiger partial charge in [0.15, 0.2) is 0 Å². The molecule has 0 aliphatic rings. The van der Waals surface area contributed by atoms with Gasteiger partial charge in [-0.3, -0.25) is 0 Å². The fraction of sp³-hybridized carbons (Fsp3) is 0.200. The predicted octanol–water partition coefficient (Wildman–Crippen LogP) is 3.35. The predicted molar refractivity (Wildman–Crippen MR) is 74.1 cm³/mol. The summed E-state index contributed by atoms with van der Waals surface area (Å²) in [5.41, 5.74) is 9.68. The van der Waals surface area contributed by atoms with Crippen molar-refractivity contribution in [3.63, 3.8) is 0 Å². The molecule has 0 heterocycles. The molecule has 0 atom stereocenters. The fourth-order valence-corrected chi connectivity index (χ4v) is 1.91. The van der Waals surface area contributed by atoms with Crippen LogP contribution in [0.25, 0.3) is 0 Å². The quantitative estimate of drug-likeness (QED) is 0.839. The number of hydrogen-bond donors (Lipinski definition) is 1. The Morgan fingerprint density at radius 1 is 1.17 bits per heavy atom. The maximum atomic E-state index is 13.1. The van der Waals surface area contributed by atoms with E-state index >= 15 is 0 Å². The van der Waals surface area contributed by atoms with Crippen molar-refractivity contribution in [2.75, 3.05) is 17.7 Å². The number of nitrogen functional groups attached to an aromatic ring is 1. The molecule has 3 heteroatoms. The zero-order valence-electron chi connectivity index (χ0n) is 10.7. The maximum Gasteiger partial charge on any atom is 0.125 e. The van der Waals surface area contributed by atoms with E-state index in [1.165, 1.54) is 12.1 Å². The van der Waals surface area contributed by atoms with Gasteiger partial charge in [0.2, 0.25) is 0 Å². The highest BCUT2D eigenvalue weighted by molar-refractivity contribution is 5.50. The van der Waals surface area contributed by atoms with Crippen LogP contribution >= 0.6 is 0 Å². The summed E-state index contributed by atoms with van der Waals surface area (Å²) in [5.74, 6) is -0.215. The van der Waals surface area contributed by atoms with Crippen LogP contribution in [-0.2, 0) is 6.54 Å². The van der Waals surface area contributed by atoms with E-state index in [9.17, 15) is 4.39 Å². The van der Waals surface area contributed by atoms with E-state index in [1.54, 1.807) is 6.07 Å². The number of nitrogens with zero attached hydrogens (tertiary/aromatic N) is 1. The Bertz CT molecular complexity index is 552. The van der Waals surface area contributed by atoms with E-state index in [2.05, 4.69) is 6.07 Å². The van der Waals surface area contributed by atoms with Gasteiger partial charge in [-0.05, 0) is 42.3 Å². The SMILES string of the molecule is Cc1cc(CN(C)c2cccc(F)c2)ccc1N. The molecule has 0 aromatic heterocycles. The molecule has 0 bridgehead atoms. The van der Waals surface area contributed by atoms with Crippen molar-refractivity contribution in [1.82, 2.24) is 0 Å². The summed E-state index contributed by atoms with van der Waals surface area (Å²) in [6, 6.07) is 12.6. The van der Waals surface area contributed by atoms with Crippen molar-refractivity contribution in [2.45, 2.75) is 13.5 Å². The van der Waals surface area contributed by atoms with Crippen molar-refractivity contribution in [1.29, 1.82) is 0 Å². The van der Waals surface area contributed by atoms with Gasteiger partial charge in [-0.1, -0.05) is 18.2 Å². The highest BCUT2D eigenvalue weighted by Crippen LogP contribution is 2.18. The van der Waals surface area contributed by atoms with E-state index < -0.39 is 0 Å². The molecule has 0 spiro atoms. The van der Waals surface area contributed by atoms with E-state index in [1.807, 2.05) is 37.1 Å². The van der Waals surface area contributed by atoms with Gasteiger partial charge in [0.1, 0.15) is 5.82 Å². The zero-order chi connectivity index (χ0) is 13.1. The monoisotopic (exact) mass is 244 g/mol. The minimum absolute atomic E-state index is 0.215. The van der Waals surface area contributed by atoms with Crippen molar-refractivity contribution >= 4 is 11.4 Å². The second-order valence-electron chi connectivity index (χ2n) is 4.53. The smallest absolute Gasteiger partial charge is 0.125 e. The standard InChI is InChI=1S/C15H17FN2/c1-11-8-12(6-7-15(11)17)10-18(2)14-5-3-4-13(16)9-14/h3-9H,10,17H2,1-2H3. The molecule has 18 heavy (non-hydrogen) atoms. The number of rotatable bonds is 3. The normalized spacial score (nSPS) is 10.4. The molecule has 0 unspecified atom stereocenters. The third-order valence-corrected chi connectivity index (χ3v) is 3.00. The Balaban J connectivity index is 2.16. The van der Waals surface area contributed by atoms with E-state index in [0.29, 0.717) is 0 Å². The van der Waals surface area contributed by atoms with Gasteiger partial charge in [-0.25, -0.2) is 4.39 Å². The van der Waals surface area contributed by atoms with E-state index in [-0.39, 0.29) is 5.82 Å². The van der Waals surface area contributed by atoms with Crippen LogP contribution in [0.4, 0.5) is 15.8 Å². The summed E-state index contributed by atoms with van der Waals surface area (Å²) in [4.78, 5) is 2.01. The first kappa shape index (κ1) is 12.4. The van der Waals surface area contributed by atoms with Crippen LogP contribution in [0.5, 0.6) is 0 Å². The highest BCUT2D eigenvalue weighted by atomic mass is 19.1. The molecule has 2 aromatic carbocycles. The number of halogens is 1. The minimum atomic E-state index is -0.215. The second-order valence-corrected chi connectivity index (χ2v) is 4.53. The summed E-state index contributed by atoms with van der Waals surface area (Å²) in [7, 11) is 1.94.